The summed E-state index contributed by atoms with van der Waals surface area (Å²) in [4.78, 5) is 11.4. The van der Waals surface area contributed by atoms with E-state index in [0.29, 0.717) is 0 Å². The molecule has 6 nitrogen and oxygen atoms in total. The Kier molecular flexibility index (Phi) is 2.22. The summed E-state index contributed by atoms with van der Waals surface area (Å²) in [6.07, 6.45) is 1.35. The van der Waals surface area contributed by atoms with Crippen molar-refractivity contribution in [2.24, 2.45) is 5.41 Å². The Morgan fingerprint density at radius 2 is 2.23 bits per heavy atom. The quantitative estimate of drug-likeness (QED) is 0.640. The first kappa shape index (κ1) is 9.50. The normalized spacial score (nSPS) is 11.3. The second kappa shape index (κ2) is 3.04. The van der Waals surface area contributed by atoms with Gasteiger partial charge >= 0.3 is 0 Å². The lowest BCUT2D eigenvalue weighted by molar-refractivity contribution is -0.124. The fourth-order valence-electron chi connectivity index (χ4n) is 0.607. The molecule has 0 atom stereocenters. The van der Waals surface area contributed by atoms with Gasteiger partial charge in [-0.15, -0.1) is 10.2 Å². The van der Waals surface area contributed by atoms with Crippen molar-refractivity contribution >= 4 is 11.9 Å². The van der Waals surface area contributed by atoms with Gasteiger partial charge in [0, 0.05) is 5.41 Å². The Labute approximate surface area is 76.1 Å². The van der Waals surface area contributed by atoms with Crippen LogP contribution in [0.4, 0.5) is 5.95 Å². The number of carbonyl (C=O) groups is 1. The minimum Gasteiger partial charge on any atom is -0.366 e. The Balaban J connectivity index is 2.71. The van der Waals surface area contributed by atoms with Crippen LogP contribution in [0.25, 0.3) is 0 Å². The molecule has 1 heterocycles. The summed E-state index contributed by atoms with van der Waals surface area (Å²) in [5.74, 6) is 0.0246. The van der Waals surface area contributed by atoms with E-state index in [1.165, 1.54) is 11.0 Å². The zero-order chi connectivity index (χ0) is 10.1. The van der Waals surface area contributed by atoms with Crippen LogP contribution < -0.4 is 11.2 Å². The molecule has 0 aliphatic rings. The molecule has 72 valence electrons. The number of nitrogens with two attached hydrogens (primary N) is 1. The first-order valence-corrected chi connectivity index (χ1v) is 3.88. The van der Waals surface area contributed by atoms with Gasteiger partial charge < -0.3 is 5.73 Å². The van der Waals surface area contributed by atoms with E-state index in [1.807, 2.05) is 20.8 Å². The maximum atomic E-state index is 11.4. The maximum Gasteiger partial charge on any atom is 0.244 e. The molecule has 0 fully saturated rings. The average molecular weight is 183 g/mol. The van der Waals surface area contributed by atoms with Crippen molar-refractivity contribution in [3.8, 4) is 0 Å². The van der Waals surface area contributed by atoms with E-state index in [4.69, 9.17) is 5.73 Å². The largest absolute Gasteiger partial charge is 0.366 e. The number of amides is 1. The molecule has 0 aliphatic carbocycles. The van der Waals surface area contributed by atoms with E-state index >= 15 is 0 Å². The van der Waals surface area contributed by atoms with Crippen LogP contribution >= 0.6 is 0 Å². The topological polar surface area (TPSA) is 85.8 Å². The van der Waals surface area contributed by atoms with Crippen LogP contribution in [0.2, 0.25) is 0 Å². The van der Waals surface area contributed by atoms with Crippen LogP contribution in [-0.2, 0) is 4.79 Å². The summed E-state index contributed by atoms with van der Waals surface area (Å²) in [7, 11) is 0. The molecule has 0 radical (unpaired) electrons. The molecule has 1 aromatic heterocycles. The van der Waals surface area contributed by atoms with Gasteiger partial charge in [-0.1, -0.05) is 20.8 Å². The summed E-state index contributed by atoms with van der Waals surface area (Å²) in [5.41, 5.74) is 7.50. The monoisotopic (exact) mass is 183 g/mol. The summed E-state index contributed by atoms with van der Waals surface area (Å²) in [6.45, 7) is 5.43. The highest BCUT2D eigenvalue weighted by Crippen LogP contribution is 2.13. The van der Waals surface area contributed by atoms with E-state index in [0.717, 1.165) is 0 Å². The highest BCUT2D eigenvalue weighted by atomic mass is 16.2. The van der Waals surface area contributed by atoms with Gasteiger partial charge in [0.2, 0.25) is 11.9 Å². The third-order valence-corrected chi connectivity index (χ3v) is 1.48. The summed E-state index contributed by atoms with van der Waals surface area (Å²) >= 11 is 0. The van der Waals surface area contributed by atoms with Crippen LogP contribution in [0.1, 0.15) is 20.8 Å². The highest BCUT2D eigenvalue weighted by molar-refractivity contribution is 5.88. The van der Waals surface area contributed by atoms with Gasteiger partial charge in [0.25, 0.3) is 0 Å². The van der Waals surface area contributed by atoms with Crippen molar-refractivity contribution in [2.45, 2.75) is 20.8 Å². The molecule has 6 heteroatoms. The number of anilines is 1. The van der Waals surface area contributed by atoms with Crippen molar-refractivity contribution < 1.29 is 4.79 Å². The van der Waals surface area contributed by atoms with Gasteiger partial charge in [-0.05, 0) is 0 Å². The van der Waals surface area contributed by atoms with E-state index in [1.54, 1.807) is 0 Å². The molecule has 0 aromatic carbocycles. The van der Waals surface area contributed by atoms with Crippen LogP contribution in [-0.4, -0.2) is 20.8 Å². The van der Waals surface area contributed by atoms with E-state index in [9.17, 15) is 4.79 Å². The maximum absolute atomic E-state index is 11.4. The van der Waals surface area contributed by atoms with Crippen LogP contribution in [0.5, 0.6) is 0 Å². The lowest BCUT2D eigenvalue weighted by Crippen LogP contribution is -2.33. The highest BCUT2D eigenvalue weighted by Gasteiger charge is 2.21. The van der Waals surface area contributed by atoms with Crippen LogP contribution in [0.3, 0.4) is 0 Å². The van der Waals surface area contributed by atoms with Gasteiger partial charge in [-0.25, -0.2) is 4.68 Å². The molecular weight excluding hydrogens is 170 g/mol. The molecule has 0 saturated carbocycles. The minimum atomic E-state index is -0.462. The standard InChI is InChI=1S/C7H13N5O/c1-7(2,3)5(13)11-12-4-9-10-6(12)8/h4H,1-3H3,(H2,8,10)(H,11,13). The van der Waals surface area contributed by atoms with Gasteiger partial charge in [0.15, 0.2) is 0 Å². The number of nitrogens with one attached hydrogen (secondary N) is 1. The number of hydrogen-bond donors (Lipinski definition) is 2. The van der Waals surface area contributed by atoms with Gasteiger partial charge in [0.05, 0.1) is 0 Å². The van der Waals surface area contributed by atoms with E-state index < -0.39 is 5.41 Å². The average Bonchev–Trinajstić information content (AvgIpc) is 2.34. The SMILES string of the molecule is CC(C)(C)C(=O)Nn1cnnc1N. The number of nitrogen functional groups attached to an aromatic ring is 1. The molecule has 1 aromatic rings. The van der Waals surface area contributed by atoms with Crippen molar-refractivity contribution in [1.29, 1.82) is 0 Å². The number of aromatic nitrogens is 3. The second-order valence-corrected chi connectivity index (χ2v) is 3.75. The molecule has 1 amide bonds. The smallest absolute Gasteiger partial charge is 0.244 e. The lowest BCUT2D eigenvalue weighted by Gasteiger charge is -2.17. The molecular formula is C7H13N5O. The molecule has 0 aliphatic heterocycles. The zero-order valence-electron chi connectivity index (χ0n) is 7.90. The summed E-state index contributed by atoms with van der Waals surface area (Å²) in [6, 6.07) is 0. The van der Waals surface area contributed by atoms with E-state index in [2.05, 4.69) is 15.6 Å². The fourth-order valence-corrected chi connectivity index (χ4v) is 0.607. The van der Waals surface area contributed by atoms with Crippen molar-refractivity contribution in [3.63, 3.8) is 0 Å². The first-order valence-electron chi connectivity index (χ1n) is 3.88. The third kappa shape index (κ3) is 2.17. The number of hydrogen-bond acceptors (Lipinski definition) is 4. The van der Waals surface area contributed by atoms with Crippen molar-refractivity contribution in [2.75, 3.05) is 11.2 Å². The third-order valence-electron chi connectivity index (χ3n) is 1.48. The number of rotatable bonds is 1. The van der Waals surface area contributed by atoms with Gasteiger partial charge in [0.1, 0.15) is 6.33 Å². The first-order chi connectivity index (χ1) is 5.91. The van der Waals surface area contributed by atoms with Crippen molar-refractivity contribution in [1.82, 2.24) is 14.9 Å². The Hall–Kier alpha value is -1.59. The van der Waals surface area contributed by atoms with Crippen molar-refractivity contribution in [3.05, 3.63) is 6.33 Å². The molecule has 0 saturated heterocycles. The minimum absolute atomic E-state index is 0.140. The Bertz CT molecular complexity index is 311. The van der Waals surface area contributed by atoms with Crippen LogP contribution in [0.15, 0.2) is 6.33 Å². The predicted molar refractivity (Wildman–Crippen MR) is 48.3 cm³/mol. The molecule has 0 bridgehead atoms. The number of nitrogens with zero attached hydrogens (tertiary/aromatic N) is 3. The molecule has 0 spiro atoms. The van der Waals surface area contributed by atoms with Gasteiger partial charge in [-0.2, -0.15) is 0 Å². The summed E-state index contributed by atoms with van der Waals surface area (Å²) in [5, 5.41) is 7.06. The second-order valence-electron chi connectivity index (χ2n) is 3.75. The molecule has 13 heavy (non-hydrogen) atoms. The molecule has 0 unspecified atom stereocenters. The Morgan fingerprint density at radius 3 is 2.62 bits per heavy atom. The molecule has 3 N–H and O–H groups in total. The van der Waals surface area contributed by atoms with E-state index in [-0.39, 0.29) is 11.9 Å². The van der Waals surface area contributed by atoms with Gasteiger partial charge in [-0.3, -0.25) is 10.2 Å². The lowest BCUT2D eigenvalue weighted by atomic mass is 9.96. The fraction of sp³-hybridized carbons (Fsp3) is 0.571. The zero-order valence-corrected chi connectivity index (χ0v) is 7.90. The summed E-state index contributed by atoms with van der Waals surface area (Å²) < 4.78 is 1.29. The predicted octanol–water partition coefficient (Wildman–Crippen LogP) is -0.0235. The molecule has 1 rings (SSSR count). The van der Waals surface area contributed by atoms with Crippen LogP contribution in [0, 0.1) is 5.41 Å². The Morgan fingerprint density at radius 1 is 1.62 bits per heavy atom. The number of carbonyl (C=O) groups excluding carboxylic acids is 1.